The molecule has 1 aliphatic rings. The lowest BCUT2D eigenvalue weighted by Gasteiger charge is -2.30. The Bertz CT molecular complexity index is 811. The van der Waals surface area contributed by atoms with Gasteiger partial charge >= 0.3 is 0 Å². The maximum absolute atomic E-state index is 12.7. The molecule has 108 valence electrons. The van der Waals surface area contributed by atoms with Crippen LogP contribution in [0.15, 0.2) is 47.4 Å². The second kappa shape index (κ2) is 5.45. The summed E-state index contributed by atoms with van der Waals surface area (Å²) in [5.41, 5.74) is 0. The Morgan fingerprint density at radius 3 is 2.71 bits per heavy atom. The minimum absolute atomic E-state index is 0.239. The number of nitrogens with zero attached hydrogens (tertiary/aromatic N) is 2. The molecule has 1 N–H and O–H groups in total. The number of benzene rings is 2. The predicted octanol–water partition coefficient (Wildman–Crippen LogP) is 1.33. The van der Waals surface area contributed by atoms with E-state index in [-0.39, 0.29) is 4.90 Å². The van der Waals surface area contributed by atoms with E-state index in [2.05, 4.69) is 11.4 Å². The molecule has 1 unspecified atom stereocenters. The van der Waals surface area contributed by atoms with Crippen LogP contribution in [0.4, 0.5) is 0 Å². The number of fused-ring (bicyclic) bond motifs is 1. The van der Waals surface area contributed by atoms with Gasteiger partial charge in [-0.3, -0.25) is 0 Å². The van der Waals surface area contributed by atoms with Crippen molar-refractivity contribution in [3.05, 3.63) is 42.5 Å². The molecule has 0 saturated carbocycles. The summed E-state index contributed by atoms with van der Waals surface area (Å²) in [7, 11) is -3.64. The maximum Gasteiger partial charge on any atom is 0.244 e. The van der Waals surface area contributed by atoms with E-state index in [9.17, 15) is 8.42 Å². The topological polar surface area (TPSA) is 73.2 Å². The molecule has 2 aromatic carbocycles. The molecular formula is C15H15N3O2S. The highest BCUT2D eigenvalue weighted by molar-refractivity contribution is 7.89. The number of piperazine rings is 1. The first-order chi connectivity index (χ1) is 10.1. The lowest BCUT2D eigenvalue weighted by molar-refractivity contribution is 0.312. The number of nitriles is 1. The van der Waals surface area contributed by atoms with Gasteiger partial charge in [0.05, 0.1) is 11.0 Å². The Hall–Kier alpha value is -1.94. The van der Waals surface area contributed by atoms with Crippen molar-refractivity contribution in [3.63, 3.8) is 0 Å². The lowest BCUT2D eigenvalue weighted by Crippen LogP contribution is -2.52. The molecule has 1 heterocycles. The fourth-order valence-electron chi connectivity index (χ4n) is 2.55. The van der Waals surface area contributed by atoms with Gasteiger partial charge in [0.25, 0.3) is 0 Å². The van der Waals surface area contributed by atoms with Crippen molar-refractivity contribution >= 4 is 20.8 Å². The van der Waals surface area contributed by atoms with Gasteiger partial charge in [-0.25, -0.2) is 8.42 Å². The second-order valence-corrected chi connectivity index (χ2v) is 6.86. The minimum atomic E-state index is -3.64. The third kappa shape index (κ3) is 2.51. The number of rotatable bonds is 2. The van der Waals surface area contributed by atoms with Crippen molar-refractivity contribution in [1.29, 1.82) is 5.26 Å². The molecular weight excluding hydrogens is 286 g/mol. The first-order valence-corrected chi connectivity index (χ1v) is 8.18. The van der Waals surface area contributed by atoms with Gasteiger partial charge in [-0.15, -0.1) is 0 Å². The molecule has 0 amide bonds. The van der Waals surface area contributed by atoms with E-state index >= 15 is 0 Å². The highest BCUT2D eigenvalue weighted by atomic mass is 32.2. The van der Waals surface area contributed by atoms with Crippen molar-refractivity contribution in [2.75, 3.05) is 19.6 Å². The van der Waals surface area contributed by atoms with Crippen LogP contribution in [-0.2, 0) is 10.0 Å². The van der Waals surface area contributed by atoms with Gasteiger partial charge in [-0.2, -0.15) is 9.57 Å². The molecule has 0 spiro atoms. The van der Waals surface area contributed by atoms with Crippen LogP contribution in [0.2, 0.25) is 0 Å². The van der Waals surface area contributed by atoms with Crippen molar-refractivity contribution in [2.45, 2.75) is 10.9 Å². The largest absolute Gasteiger partial charge is 0.313 e. The maximum atomic E-state index is 12.7. The molecule has 0 radical (unpaired) electrons. The van der Waals surface area contributed by atoms with Crippen molar-refractivity contribution in [1.82, 2.24) is 9.62 Å². The van der Waals surface area contributed by atoms with E-state index < -0.39 is 16.1 Å². The van der Waals surface area contributed by atoms with Crippen LogP contribution in [0.3, 0.4) is 0 Å². The highest BCUT2D eigenvalue weighted by Gasteiger charge is 2.33. The summed E-state index contributed by atoms with van der Waals surface area (Å²) in [6.45, 7) is 1.24. The third-order valence-electron chi connectivity index (χ3n) is 3.67. The summed E-state index contributed by atoms with van der Waals surface area (Å²) in [5, 5.41) is 14.1. The van der Waals surface area contributed by atoms with Gasteiger partial charge in [0.15, 0.2) is 0 Å². The Kier molecular flexibility index (Phi) is 3.64. The average molecular weight is 301 g/mol. The van der Waals surface area contributed by atoms with Crippen LogP contribution >= 0.6 is 0 Å². The number of sulfonamides is 1. The highest BCUT2D eigenvalue weighted by Crippen LogP contribution is 2.23. The molecule has 2 aromatic rings. The lowest BCUT2D eigenvalue weighted by atomic mass is 10.1. The minimum Gasteiger partial charge on any atom is -0.313 e. The number of nitrogens with one attached hydrogen (secondary N) is 1. The van der Waals surface area contributed by atoms with Crippen LogP contribution in [0.5, 0.6) is 0 Å². The SMILES string of the molecule is N#CC1CNCCN1S(=O)(=O)c1ccc2ccccc2c1. The van der Waals surface area contributed by atoms with Gasteiger partial charge in [0, 0.05) is 19.6 Å². The zero-order valence-electron chi connectivity index (χ0n) is 11.4. The van der Waals surface area contributed by atoms with Crippen LogP contribution in [-0.4, -0.2) is 38.4 Å². The van der Waals surface area contributed by atoms with E-state index in [1.54, 1.807) is 18.2 Å². The van der Waals surface area contributed by atoms with Crippen LogP contribution in [0, 0.1) is 11.3 Å². The quantitative estimate of drug-likeness (QED) is 0.908. The average Bonchev–Trinajstić information content (AvgIpc) is 2.54. The van der Waals surface area contributed by atoms with E-state index in [0.717, 1.165) is 10.8 Å². The first-order valence-electron chi connectivity index (χ1n) is 6.74. The van der Waals surface area contributed by atoms with Gasteiger partial charge in [0.1, 0.15) is 6.04 Å². The van der Waals surface area contributed by atoms with Gasteiger partial charge in [-0.05, 0) is 22.9 Å². The van der Waals surface area contributed by atoms with Crippen molar-refractivity contribution < 1.29 is 8.42 Å². The van der Waals surface area contributed by atoms with E-state index in [0.29, 0.717) is 19.6 Å². The molecule has 0 aliphatic carbocycles. The summed E-state index contributed by atoms with van der Waals surface area (Å²) in [5.74, 6) is 0. The Morgan fingerprint density at radius 2 is 1.95 bits per heavy atom. The van der Waals surface area contributed by atoms with Crippen LogP contribution in [0.25, 0.3) is 10.8 Å². The molecule has 1 atom stereocenters. The van der Waals surface area contributed by atoms with E-state index in [1.807, 2.05) is 24.3 Å². The van der Waals surface area contributed by atoms with Crippen molar-refractivity contribution in [3.8, 4) is 6.07 Å². The first kappa shape index (κ1) is 14.0. The molecule has 3 rings (SSSR count). The summed E-state index contributed by atoms with van der Waals surface area (Å²) < 4.78 is 26.8. The standard InChI is InChI=1S/C15H15N3O2S/c16-10-14-11-17-7-8-18(14)21(19,20)15-6-5-12-3-1-2-4-13(12)9-15/h1-6,9,14,17H,7-8,11H2. The molecule has 21 heavy (non-hydrogen) atoms. The fourth-order valence-corrected chi connectivity index (χ4v) is 4.12. The molecule has 6 heteroatoms. The summed E-state index contributed by atoms with van der Waals surface area (Å²) in [6, 6.07) is 14.1. The summed E-state index contributed by atoms with van der Waals surface area (Å²) in [6.07, 6.45) is 0. The Morgan fingerprint density at radius 1 is 1.19 bits per heavy atom. The molecule has 1 saturated heterocycles. The number of hydrogen-bond acceptors (Lipinski definition) is 4. The predicted molar refractivity (Wildman–Crippen MR) is 80.1 cm³/mol. The summed E-state index contributed by atoms with van der Waals surface area (Å²) in [4.78, 5) is 0.239. The molecule has 0 bridgehead atoms. The second-order valence-electron chi connectivity index (χ2n) is 4.97. The van der Waals surface area contributed by atoms with E-state index in [4.69, 9.17) is 5.26 Å². The molecule has 0 aromatic heterocycles. The van der Waals surface area contributed by atoms with Gasteiger partial charge < -0.3 is 5.32 Å². The monoisotopic (exact) mass is 301 g/mol. The van der Waals surface area contributed by atoms with Crippen LogP contribution in [0.1, 0.15) is 0 Å². The third-order valence-corrected chi connectivity index (χ3v) is 5.57. The van der Waals surface area contributed by atoms with Crippen LogP contribution < -0.4 is 5.32 Å². The van der Waals surface area contributed by atoms with E-state index in [1.165, 1.54) is 4.31 Å². The normalized spacial score (nSPS) is 20.2. The van der Waals surface area contributed by atoms with Crippen molar-refractivity contribution in [2.24, 2.45) is 0 Å². The molecule has 5 nitrogen and oxygen atoms in total. The number of hydrogen-bond donors (Lipinski definition) is 1. The fraction of sp³-hybridized carbons (Fsp3) is 0.267. The molecule has 1 fully saturated rings. The zero-order valence-corrected chi connectivity index (χ0v) is 12.2. The Balaban J connectivity index is 2.05. The smallest absolute Gasteiger partial charge is 0.244 e. The van der Waals surface area contributed by atoms with Gasteiger partial charge in [-0.1, -0.05) is 30.3 Å². The Labute approximate surface area is 123 Å². The zero-order chi connectivity index (χ0) is 14.9. The molecule has 1 aliphatic heterocycles. The van der Waals surface area contributed by atoms with Gasteiger partial charge in [0.2, 0.25) is 10.0 Å². The summed E-state index contributed by atoms with van der Waals surface area (Å²) >= 11 is 0.